The number of aromatic nitrogens is 3. The second-order valence-corrected chi connectivity index (χ2v) is 7.14. The number of hydrogen-bond donors (Lipinski definition) is 0. The zero-order valence-electron chi connectivity index (χ0n) is 16.5. The van der Waals surface area contributed by atoms with Gasteiger partial charge in [0.25, 0.3) is 0 Å². The molecular formula is C21H23F2N5O. The molecule has 0 unspecified atom stereocenters. The number of ether oxygens (including phenoxy) is 1. The van der Waals surface area contributed by atoms with Crippen LogP contribution in [0, 0.1) is 18.6 Å². The molecule has 1 aliphatic rings. The molecule has 3 heterocycles. The lowest BCUT2D eigenvalue weighted by molar-refractivity contribution is 0.245. The molecule has 0 atom stereocenters. The molecule has 1 aromatic carbocycles. The molecular weight excluding hydrogens is 376 g/mol. The first-order chi connectivity index (χ1) is 14.0. The number of pyridine rings is 1. The van der Waals surface area contributed by atoms with Crippen LogP contribution in [0.25, 0.3) is 0 Å². The first kappa shape index (κ1) is 19.3. The van der Waals surface area contributed by atoms with Crippen molar-refractivity contribution in [1.82, 2.24) is 19.7 Å². The maximum atomic E-state index is 14.1. The molecule has 1 fully saturated rings. The van der Waals surface area contributed by atoms with Crippen LogP contribution < -0.4 is 9.64 Å². The summed E-state index contributed by atoms with van der Waals surface area (Å²) in [6.45, 7) is 5.35. The van der Waals surface area contributed by atoms with Crippen LogP contribution in [0.2, 0.25) is 0 Å². The number of piperazine rings is 1. The van der Waals surface area contributed by atoms with E-state index in [1.165, 1.54) is 12.1 Å². The molecule has 29 heavy (non-hydrogen) atoms. The second kappa shape index (κ2) is 8.16. The lowest BCUT2D eigenvalue weighted by Gasteiger charge is -2.36. The summed E-state index contributed by atoms with van der Waals surface area (Å²) >= 11 is 0. The average molecular weight is 399 g/mol. The third kappa shape index (κ3) is 4.22. The number of halogens is 2. The lowest BCUT2D eigenvalue weighted by atomic mass is 10.2. The molecule has 2 aromatic heterocycles. The van der Waals surface area contributed by atoms with Crippen molar-refractivity contribution in [3.05, 3.63) is 65.6 Å². The summed E-state index contributed by atoms with van der Waals surface area (Å²) in [5.41, 5.74) is 2.24. The van der Waals surface area contributed by atoms with Crippen molar-refractivity contribution in [2.24, 2.45) is 7.05 Å². The molecule has 6 nitrogen and oxygen atoms in total. The number of anilines is 1. The molecule has 152 valence electrons. The van der Waals surface area contributed by atoms with Gasteiger partial charge in [-0.3, -0.25) is 9.88 Å². The van der Waals surface area contributed by atoms with Crippen molar-refractivity contribution in [3.63, 3.8) is 0 Å². The van der Waals surface area contributed by atoms with Crippen molar-refractivity contribution >= 4 is 5.69 Å². The second-order valence-electron chi connectivity index (χ2n) is 7.14. The highest BCUT2D eigenvalue weighted by molar-refractivity contribution is 5.48. The molecule has 3 aromatic rings. The fourth-order valence-corrected chi connectivity index (χ4v) is 3.61. The highest BCUT2D eigenvalue weighted by Gasteiger charge is 2.23. The van der Waals surface area contributed by atoms with E-state index in [0.717, 1.165) is 30.4 Å². The number of hydrogen-bond acceptors (Lipinski definition) is 5. The van der Waals surface area contributed by atoms with Crippen LogP contribution in [-0.4, -0.2) is 45.8 Å². The lowest BCUT2D eigenvalue weighted by Crippen LogP contribution is -2.46. The zero-order valence-corrected chi connectivity index (χ0v) is 16.5. The standard InChI is InChI=1S/C21H23F2N5O/c1-15-18(21(26(2)25-15)29-17-4-3-7-24-13-17)14-27-8-10-28(11-9-27)20-12-16(22)5-6-19(20)23/h3-7,12-13H,8-11,14H2,1-2H3. The summed E-state index contributed by atoms with van der Waals surface area (Å²) < 4.78 is 35.3. The first-order valence-corrected chi connectivity index (χ1v) is 9.54. The van der Waals surface area contributed by atoms with Gasteiger partial charge in [-0.25, -0.2) is 13.5 Å². The van der Waals surface area contributed by atoms with Crippen LogP contribution in [0.4, 0.5) is 14.5 Å². The minimum Gasteiger partial charge on any atom is -0.437 e. The average Bonchev–Trinajstić information content (AvgIpc) is 2.98. The monoisotopic (exact) mass is 399 g/mol. The van der Waals surface area contributed by atoms with Gasteiger partial charge in [-0.15, -0.1) is 0 Å². The van der Waals surface area contributed by atoms with Crippen molar-refractivity contribution < 1.29 is 13.5 Å². The van der Waals surface area contributed by atoms with Crippen LogP contribution >= 0.6 is 0 Å². The minimum absolute atomic E-state index is 0.322. The third-order valence-corrected chi connectivity index (χ3v) is 5.14. The van der Waals surface area contributed by atoms with Crippen molar-refractivity contribution in [1.29, 1.82) is 0 Å². The summed E-state index contributed by atoms with van der Waals surface area (Å²) in [4.78, 5) is 8.24. The Bertz CT molecular complexity index is 984. The quantitative estimate of drug-likeness (QED) is 0.657. The maximum Gasteiger partial charge on any atom is 0.222 e. The van der Waals surface area contributed by atoms with Gasteiger partial charge >= 0.3 is 0 Å². The molecule has 4 rings (SSSR count). The van der Waals surface area contributed by atoms with Gasteiger partial charge in [-0.2, -0.15) is 5.10 Å². The van der Waals surface area contributed by atoms with Gasteiger partial charge in [0.15, 0.2) is 0 Å². The van der Waals surface area contributed by atoms with E-state index in [4.69, 9.17) is 4.74 Å². The van der Waals surface area contributed by atoms with Gasteiger partial charge < -0.3 is 9.64 Å². The summed E-state index contributed by atoms with van der Waals surface area (Å²) in [6.07, 6.45) is 3.36. The van der Waals surface area contributed by atoms with E-state index in [0.29, 0.717) is 37.0 Å². The zero-order chi connectivity index (χ0) is 20.4. The van der Waals surface area contributed by atoms with Crippen molar-refractivity contribution in [2.75, 3.05) is 31.1 Å². The van der Waals surface area contributed by atoms with Crippen LogP contribution in [0.1, 0.15) is 11.3 Å². The van der Waals surface area contributed by atoms with Gasteiger partial charge in [0.05, 0.1) is 23.1 Å². The first-order valence-electron chi connectivity index (χ1n) is 9.54. The smallest absolute Gasteiger partial charge is 0.222 e. The predicted molar refractivity (Wildman–Crippen MR) is 106 cm³/mol. The van der Waals surface area contributed by atoms with Crippen LogP contribution in [0.5, 0.6) is 11.6 Å². The summed E-state index contributed by atoms with van der Waals surface area (Å²) in [6, 6.07) is 7.26. The van der Waals surface area contributed by atoms with E-state index in [1.54, 1.807) is 17.1 Å². The fourth-order valence-electron chi connectivity index (χ4n) is 3.61. The van der Waals surface area contributed by atoms with E-state index in [9.17, 15) is 8.78 Å². The Morgan fingerprint density at radius 1 is 1.10 bits per heavy atom. The normalized spacial score (nSPS) is 15.0. The Morgan fingerprint density at radius 2 is 1.90 bits per heavy atom. The summed E-state index contributed by atoms with van der Waals surface area (Å²) in [7, 11) is 1.85. The molecule has 8 heteroatoms. The van der Waals surface area contributed by atoms with E-state index in [-0.39, 0.29) is 0 Å². The Labute approximate surface area is 168 Å². The molecule has 1 aliphatic heterocycles. The van der Waals surface area contributed by atoms with Crippen molar-refractivity contribution in [2.45, 2.75) is 13.5 Å². The largest absolute Gasteiger partial charge is 0.437 e. The Kier molecular flexibility index (Phi) is 5.44. The number of nitrogens with zero attached hydrogens (tertiary/aromatic N) is 5. The minimum atomic E-state index is -0.424. The Hall–Kier alpha value is -3.00. The van der Waals surface area contributed by atoms with E-state index in [2.05, 4.69) is 15.0 Å². The van der Waals surface area contributed by atoms with Gasteiger partial charge in [0.2, 0.25) is 5.88 Å². The molecule has 1 saturated heterocycles. The molecule has 0 aliphatic carbocycles. The summed E-state index contributed by atoms with van der Waals surface area (Å²) in [5, 5.41) is 4.50. The molecule has 0 amide bonds. The predicted octanol–water partition coefficient (Wildman–Crippen LogP) is 3.52. The molecule has 0 saturated carbocycles. The Balaban J connectivity index is 1.45. The molecule has 0 radical (unpaired) electrons. The highest BCUT2D eigenvalue weighted by atomic mass is 19.1. The number of benzene rings is 1. The Morgan fingerprint density at radius 3 is 2.62 bits per heavy atom. The van der Waals surface area contributed by atoms with E-state index >= 15 is 0 Å². The third-order valence-electron chi connectivity index (χ3n) is 5.14. The maximum absolute atomic E-state index is 14.1. The molecule has 0 N–H and O–H groups in total. The van der Waals surface area contributed by atoms with Gasteiger partial charge in [-0.1, -0.05) is 0 Å². The van der Waals surface area contributed by atoms with Gasteiger partial charge in [0, 0.05) is 52.0 Å². The molecule has 0 bridgehead atoms. The van der Waals surface area contributed by atoms with Crippen LogP contribution in [0.15, 0.2) is 42.7 Å². The molecule has 0 spiro atoms. The topological polar surface area (TPSA) is 46.4 Å². The van der Waals surface area contributed by atoms with E-state index in [1.807, 2.05) is 31.0 Å². The highest BCUT2D eigenvalue weighted by Crippen LogP contribution is 2.29. The van der Waals surface area contributed by atoms with Crippen LogP contribution in [-0.2, 0) is 13.6 Å². The summed E-state index contributed by atoms with van der Waals surface area (Å²) in [5.74, 6) is 0.527. The number of aryl methyl sites for hydroxylation is 2. The fraction of sp³-hybridized carbons (Fsp3) is 0.333. The van der Waals surface area contributed by atoms with Gasteiger partial charge in [0.1, 0.15) is 17.4 Å². The van der Waals surface area contributed by atoms with Crippen LogP contribution in [0.3, 0.4) is 0 Å². The van der Waals surface area contributed by atoms with E-state index < -0.39 is 11.6 Å². The van der Waals surface area contributed by atoms with Gasteiger partial charge in [-0.05, 0) is 31.2 Å². The number of rotatable bonds is 5. The SMILES string of the molecule is Cc1nn(C)c(Oc2cccnc2)c1CN1CCN(c2cc(F)ccc2F)CC1. The van der Waals surface area contributed by atoms with Crippen molar-refractivity contribution in [3.8, 4) is 11.6 Å².